The van der Waals surface area contributed by atoms with E-state index in [1.54, 1.807) is 18.9 Å². The van der Waals surface area contributed by atoms with Crippen LogP contribution in [0.1, 0.15) is 42.0 Å². The number of nitrogens with one attached hydrogen (secondary N) is 1. The third-order valence-electron chi connectivity index (χ3n) is 5.63. The van der Waals surface area contributed by atoms with Gasteiger partial charge in [0.05, 0.1) is 11.9 Å². The lowest BCUT2D eigenvalue weighted by molar-refractivity contribution is -0.140. The van der Waals surface area contributed by atoms with Crippen LogP contribution in [0.2, 0.25) is 0 Å². The summed E-state index contributed by atoms with van der Waals surface area (Å²) < 4.78 is 26.3. The molecule has 8 heteroatoms. The summed E-state index contributed by atoms with van der Waals surface area (Å²) in [6.07, 6.45) is 1.64. The molecule has 2 amide bonds. The van der Waals surface area contributed by atoms with Crippen LogP contribution in [0.15, 0.2) is 42.5 Å². The average Bonchev–Trinajstić information content (AvgIpc) is 2.75. The summed E-state index contributed by atoms with van der Waals surface area (Å²) in [6.45, 7) is 7.95. The lowest BCUT2D eigenvalue weighted by atomic mass is 10.1. The normalized spacial score (nSPS) is 12.2. The second-order valence-electron chi connectivity index (χ2n) is 8.53. The van der Waals surface area contributed by atoms with Crippen LogP contribution < -0.4 is 9.62 Å². The van der Waals surface area contributed by atoms with Gasteiger partial charge >= 0.3 is 0 Å². The zero-order valence-corrected chi connectivity index (χ0v) is 21.2. The van der Waals surface area contributed by atoms with Crippen LogP contribution in [0, 0.1) is 20.8 Å². The van der Waals surface area contributed by atoms with Crippen molar-refractivity contribution in [1.82, 2.24) is 10.2 Å². The van der Waals surface area contributed by atoms with Crippen LogP contribution in [0.4, 0.5) is 5.69 Å². The van der Waals surface area contributed by atoms with Gasteiger partial charge in [0.1, 0.15) is 6.04 Å². The van der Waals surface area contributed by atoms with Crippen LogP contribution >= 0.6 is 0 Å². The monoisotopic (exact) mass is 473 g/mol. The van der Waals surface area contributed by atoms with Crippen LogP contribution in [0.5, 0.6) is 0 Å². The fourth-order valence-electron chi connectivity index (χ4n) is 3.77. The summed E-state index contributed by atoms with van der Waals surface area (Å²) in [5.74, 6) is -0.439. The first-order chi connectivity index (χ1) is 15.4. The van der Waals surface area contributed by atoms with E-state index in [1.165, 1.54) is 10.6 Å². The fourth-order valence-corrected chi connectivity index (χ4v) is 4.78. The molecule has 0 saturated carbocycles. The van der Waals surface area contributed by atoms with Gasteiger partial charge in [-0.1, -0.05) is 42.0 Å². The quantitative estimate of drug-likeness (QED) is 0.574. The van der Waals surface area contributed by atoms with Crippen molar-refractivity contribution in [3.63, 3.8) is 0 Å². The Morgan fingerprint density at radius 3 is 2.30 bits per heavy atom. The zero-order valence-electron chi connectivity index (χ0n) is 20.4. The molecular formula is C25H35N3O4S. The van der Waals surface area contributed by atoms with Gasteiger partial charge in [0.2, 0.25) is 21.8 Å². The third kappa shape index (κ3) is 7.32. The standard InChI is InChI=1S/C25H35N3O4S/c1-18-9-7-10-22(15-18)17-27(21(4)25(30)26-5)24(29)11-8-14-28(33(6,31)32)23-16-19(2)12-13-20(23)3/h7,9-10,12-13,15-16,21H,8,11,14,17H2,1-6H3,(H,26,30)/t21-/m0/s1. The summed E-state index contributed by atoms with van der Waals surface area (Å²) >= 11 is 0. The number of rotatable bonds is 10. The number of carbonyl (C=O) groups excluding carboxylic acids is 2. The predicted octanol–water partition coefficient (Wildman–Crippen LogP) is 3.32. The SMILES string of the molecule is CNC(=O)[C@H](C)N(Cc1cccc(C)c1)C(=O)CCCN(c1cc(C)ccc1C)S(C)(=O)=O. The van der Waals surface area contributed by atoms with Crippen LogP contribution in [0.3, 0.4) is 0 Å². The first-order valence-electron chi connectivity index (χ1n) is 11.1. The fraction of sp³-hybridized carbons (Fsp3) is 0.440. The molecule has 0 aliphatic carbocycles. The summed E-state index contributed by atoms with van der Waals surface area (Å²) in [5.41, 5.74) is 4.45. The number of likely N-dealkylation sites (N-methyl/N-ethyl adjacent to an activating group) is 1. The Morgan fingerprint density at radius 1 is 1.03 bits per heavy atom. The van der Waals surface area contributed by atoms with Crippen LogP contribution in [-0.2, 0) is 26.2 Å². The van der Waals surface area contributed by atoms with E-state index in [4.69, 9.17) is 0 Å². The highest BCUT2D eigenvalue weighted by atomic mass is 32.2. The molecule has 0 aliphatic rings. The largest absolute Gasteiger partial charge is 0.357 e. The topological polar surface area (TPSA) is 86.8 Å². The summed E-state index contributed by atoms with van der Waals surface area (Å²) in [6, 6.07) is 12.8. The van der Waals surface area contributed by atoms with Crippen molar-refractivity contribution in [2.45, 2.75) is 53.1 Å². The van der Waals surface area contributed by atoms with Crippen molar-refractivity contribution in [1.29, 1.82) is 0 Å². The second-order valence-corrected chi connectivity index (χ2v) is 10.4. The van der Waals surface area contributed by atoms with Crippen molar-refractivity contribution in [3.05, 3.63) is 64.7 Å². The number of hydrogen-bond acceptors (Lipinski definition) is 4. The van der Waals surface area contributed by atoms with Crippen LogP contribution in [-0.4, -0.2) is 51.0 Å². The smallest absolute Gasteiger partial charge is 0.242 e. The number of hydrogen-bond donors (Lipinski definition) is 1. The van der Waals surface area contributed by atoms with Crippen LogP contribution in [0.25, 0.3) is 0 Å². The highest BCUT2D eigenvalue weighted by Crippen LogP contribution is 2.24. The van der Waals surface area contributed by atoms with E-state index < -0.39 is 16.1 Å². The number of anilines is 1. The molecular weight excluding hydrogens is 438 g/mol. The van der Waals surface area contributed by atoms with E-state index in [-0.39, 0.29) is 24.8 Å². The maximum atomic E-state index is 13.2. The summed E-state index contributed by atoms with van der Waals surface area (Å²) in [7, 11) is -1.97. The molecule has 0 spiro atoms. The molecule has 0 heterocycles. The molecule has 33 heavy (non-hydrogen) atoms. The molecule has 2 aromatic carbocycles. The van der Waals surface area contributed by atoms with Crippen molar-refractivity contribution in [2.75, 3.05) is 24.2 Å². The number of benzene rings is 2. The van der Waals surface area contributed by atoms with Gasteiger partial charge in [-0.2, -0.15) is 0 Å². The van der Waals surface area contributed by atoms with Gasteiger partial charge in [0.15, 0.2) is 0 Å². The van der Waals surface area contributed by atoms with Crippen molar-refractivity contribution in [3.8, 4) is 0 Å². The lowest BCUT2D eigenvalue weighted by Crippen LogP contribution is -2.46. The minimum absolute atomic E-state index is 0.129. The molecule has 1 N–H and O–H groups in total. The van der Waals surface area contributed by atoms with Gasteiger partial charge in [-0.3, -0.25) is 13.9 Å². The second kappa shape index (κ2) is 11.3. The van der Waals surface area contributed by atoms with E-state index in [0.29, 0.717) is 18.7 Å². The zero-order chi connectivity index (χ0) is 24.8. The minimum atomic E-state index is -3.52. The Balaban J connectivity index is 2.18. The molecule has 0 bridgehead atoms. The Morgan fingerprint density at radius 2 is 1.70 bits per heavy atom. The first kappa shape index (κ1) is 26.4. The number of sulfonamides is 1. The Labute approximate surface area is 197 Å². The highest BCUT2D eigenvalue weighted by molar-refractivity contribution is 7.92. The molecule has 0 saturated heterocycles. The number of amides is 2. The molecule has 0 radical (unpaired) electrons. The highest BCUT2D eigenvalue weighted by Gasteiger charge is 2.26. The molecule has 2 rings (SSSR count). The van der Waals surface area contributed by atoms with Crippen molar-refractivity contribution >= 4 is 27.5 Å². The maximum Gasteiger partial charge on any atom is 0.242 e. The predicted molar refractivity (Wildman–Crippen MR) is 133 cm³/mol. The molecule has 0 aliphatic heterocycles. The van der Waals surface area contributed by atoms with Crippen molar-refractivity contribution in [2.24, 2.45) is 0 Å². The number of nitrogens with zero attached hydrogens (tertiary/aromatic N) is 2. The molecule has 1 atom stereocenters. The minimum Gasteiger partial charge on any atom is -0.357 e. The Hall–Kier alpha value is -2.87. The van der Waals surface area contributed by atoms with E-state index in [0.717, 1.165) is 22.3 Å². The average molecular weight is 474 g/mol. The number of carbonyl (C=O) groups is 2. The van der Waals surface area contributed by atoms with Gasteiger partial charge in [-0.15, -0.1) is 0 Å². The Bertz CT molecular complexity index is 1100. The van der Waals surface area contributed by atoms with Gasteiger partial charge in [-0.05, 0) is 56.9 Å². The number of aryl methyl sites for hydroxylation is 3. The van der Waals surface area contributed by atoms with Gasteiger partial charge in [0, 0.05) is 26.6 Å². The van der Waals surface area contributed by atoms with Gasteiger partial charge in [-0.25, -0.2) is 8.42 Å². The first-order valence-corrected chi connectivity index (χ1v) is 12.9. The molecule has 0 fully saturated rings. The van der Waals surface area contributed by atoms with E-state index in [2.05, 4.69) is 5.32 Å². The van der Waals surface area contributed by atoms with Crippen molar-refractivity contribution < 1.29 is 18.0 Å². The van der Waals surface area contributed by atoms with E-state index in [1.807, 2.05) is 63.2 Å². The molecule has 2 aromatic rings. The molecule has 0 unspecified atom stereocenters. The van der Waals surface area contributed by atoms with Gasteiger partial charge in [0.25, 0.3) is 0 Å². The van der Waals surface area contributed by atoms with Gasteiger partial charge < -0.3 is 10.2 Å². The Kier molecular flexibility index (Phi) is 9.05. The maximum absolute atomic E-state index is 13.2. The summed E-state index contributed by atoms with van der Waals surface area (Å²) in [4.78, 5) is 27.0. The van der Waals surface area contributed by atoms with E-state index in [9.17, 15) is 18.0 Å². The molecule has 7 nitrogen and oxygen atoms in total. The molecule has 180 valence electrons. The van der Waals surface area contributed by atoms with E-state index >= 15 is 0 Å². The third-order valence-corrected chi connectivity index (χ3v) is 6.81. The summed E-state index contributed by atoms with van der Waals surface area (Å²) in [5, 5.41) is 2.60. The molecule has 0 aromatic heterocycles. The lowest BCUT2D eigenvalue weighted by Gasteiger charge is -2.29.